The van der Waals surface area contributed by atoms with E-state index in [1.807, 2.05) is 30.3 Å². The van der Waals surface area contributed by atoms with Crippen molar-refractivity contribution < 1.29 is 9.53 Å². The topological polar surface area (TPSA) is 108 Å². The van der Waals surface area contributed by atoms with E-state index in [9.17, 15) is 9.59 Å². The first-order valence-electron chi connectivity index (χ1n) is 11.5. The minimum atomic E-state index is -0.252. The van der Waals surface area contributed by atoms with Crippen LogP contribution in [0.5, 0.6) is 5.88 Å². The van der Waals surface area contributed by atoms with Gasteiger partial charge in [0.05, 0.1) is 23.4 Å². The predicted octanol–water partition coefficient (Wildman–Crippen LogP) is 3.09. The third-order valence-corrected chi connectivity index (χ3v) is 6.27. The number of nitrogens with two attached hydrogens (primary N) is 1. The Balaban J connectivity index is 1.50. The highest BCUT2D eigenvalue weighted by Gasteiger charge is 2.28. The molecule has 0 spiro atoms. The van der Waals surface area contributed by atoms with Gasteiger partial charge in [-0.05, 0) is 36.6 Å². The molecule has 1 aliphatic heterocycles. The number of pyridine rings is 2. The van der Waals surface area contributed by atoms with Crippen LogP contribution in [-0.4, -0.2) is 43.0 Å². The molecule has 0 saturated carbocycles. The number of amides is 1. The summed E-state index contributed by atoms with van der Waals surface area (Å²) >= 11 is 0. The maximum absolute atomic E-state index is 13.7. The van der Waals surface area contributed by atoms with Gasteiger partial charge in [0, 0.05) is 25.4 Å². The number of aromatic nitrogens is 4. The molecule has 0 radical (unpaired) electrons. The maximum atomic E-state index is 13.7. The molecular formula is C26H26N6O3. The maximum Gasteiger partial charge on any atom is 0.334 e. The number of carbonyl (C=O) groups excluding carboxylic acids is 1. The number of imidazole rings is 1. The van der Waals surface area contributed by atoms with Gasteiger partial charge in [-0.15, -0.1) is 0 Å². The van der Waals surface area contributed by atoms with Crippen LogP contribution in [0.4, 0.5) is 5.82 Å². The summed E-state index contributed by atoms with van der Waals surface area (Å²) < 4.78 is 9.03. The standard InChI is InChI=1S/C26H26N6O3/c1-2-23(33)30-14-6-9-20(16-30)31-21-12-13-28-25(27)24(21)32(26(31)34)19-10-11-22(29-15-19)35-17-18-7-4-3-5-8-18/h2-5,7-8,10-13,15,20H,1,6,9,14,16-17H2,(H2,27,28)/t20-/m1/s1. The summed E-state index contributed by atoms with van der Waals surface area (Å²) in [6.07, 6.45) is 6.05. The van der Waals surface area contributed by atoms with Crippen molar-refractivity contribution in [2.45, 2.75) is 25.5 Å². The second kappa shape index (κ2) is 9.46. The van der Waals surface area contributed by atoms with Crippen LogP contribution >= 0.6 is 0 Å². The lowest BCUT2D eigenvalue weighted by atomic mass is 10.1. The van der Waals surface area contributed by atoms with E-state index in [1.165, 1.54) is 10.6 Å². The van der Waals surface area contributed by atoms with E-state index in [-0.39, 0.29) is 23.5 Å². The number of benzene rings is 1. The second-order valence-electron chi connectivity index (χ2n) is 8.47. The van der Waals surface area contributed by atoms with Crippen molar-refractivity contribution in [1.29, 1.82) is 0 Å². The Morgan fingerprint density at radius 3 is 2.74 bits per heavy atom. The van der Waals surface area contributed by atoms with Gasteiger partial charge in [-0.3, -0.25) is 13.9 Å². The fraction of sp³-hybridized carbons (Fsp3) is 0.231. The first-order chi connectivity index (χ1) is 17.1. The van der Waals surface area contributed by atoms with Crippen LogP contribution in [-0.2, 0) is 11.4 Å². The normalized spacial score (nSPS) is 15.8. The minimum Gasteiger partial charge on any atom is -0.473 e. The number of carbonyl (C=O) groups is 1. The molecule has 1 fully saturated rings. The Morgan fingerprint density at radius 1 is 1.17 bits per heavy atom. The van der Waals surface area contributed by atoms with Gasteiger partial charge < -0.3 is 15.4 Å². The third kappa shape index (κ3) is 4.28. The smallest absolute Gasteiger partial charge is 0.334 e. The molecule has 178 valence electrons. The molecule has 2 N–H and O–H groups in total. The lowest BCUT2D eigenvalue weighted by Gasteiger charge is -2.32. The second-order valence-corrected chi connectivity index (χ2v) is 8.47. The Kier molecular flexibility index (Phi) is 6.05. The van der Waals surface area contributed by atoms with Crippen LogP contribution in [0.2, 0.25) is 0 Å². The minimum absolute atomic E-state index is 0.136. The fourth-order valence-corrected chi connectivity index (χ4v) is 4.60. The molecule has 9 heteroatoms. The summed E-state index contributed by atoms with van der Waals surface area (Å²) in [7, 11) is 0. The van der Waals surface area contributed by atoms with Gasteiger partial charge >= 0.3 is 5.69 Å². The molecule has 1 amide bonds. The number of nitrogens with zero attached hydrogens (tertiary/aromatic N) is 5. The highest BCUT2D eigenvalue weighted by atomic mass is 16.5. The van der Waals surface area contributed by atoms with E-state index >= 15 is 0 Å². The number of ether oxygens (including phenoxy) is 1. The fourth-order valence-electron chi connectivity index (χ4n) is 4.60. The highest BCUT2D eigenvalue weighted by Crippen LogP contribution is 2.28. The van der Waals surface area contributed by atoms with E-state index in [0.717, 1.165) is 18.4 Å². The van der Waals surface area contributed by atoms with Gasteiger partial charge in [0.2, 0.25) is 11.8 Å². The number of hydrogen-bond acceptors (Lipinski definition) is 6. The molecular weight excluding hydrogens is 444 g/mol. The van der Waals surface area contributed by atoms with E-state index in [0.29, 0.717) is 42.3 Å². The van der Waals surface area contributed by atoms with E-state index in [1.54, 1.807) is 40.1 Å². The van der Waals surface area contributed by atoms with E-state index in [4.69, 9.17) is 10.5 Å². The van der Waals surface area contributed by atoms with Gasteiger partial charge in [0.1, 0.15) is 17.9 Å². The third-order valence-electron chi connectivity index (χ3n) is 6.27. The molecule has 1 saturated heterocycles. The van der Waals surface area contributed by atoms with Crippen LogP contribution < -0.4 is 16.2 Å². The molecule has 0 unspecified atom stereocenters. The van der Waals surface area contributed by atoms with Crippen LogP contribution in [0.25, 0.3) is 16.7 Å². The van der Waals surface area contributed by atoms with Gasteiger partial charge in [-0.25, -0.2) is 14.8 Å². The molecule has 1 aliphatic rings. The number of likely N-dealkylation sites (tertiary alicyclic amines) is 1. The van der Waals surface area contributed by atoms with Crippen molar-refractivity contribution in [3.05, 3.63) is 89.6 Å². The van der Waals surface area contributed by atoms with E-state index < -0.39 is 0 Å². The number of anilines is 1. The molecule has 4 heterocycles. The van der Waals surface area contributed by atoms with Gasteiger partial charge in [-0.1, -0.05) is 36.9 Å². The first-order valence-corrected chi connectivity index (χ1v) is 11.5. The monoisotopic (exact) mass is 470 g/mol. The SMILES string of the molecule is C=CC(=O)N1CCC[C@@H](n2c(=O)n(-c3ccc(OCc4ccccc4)nc3)c3c(N)nccc32)C1. The number of rotatable bonds is 6. The zero-order chi connectivity index (χ0) is 24.4. The van der Waals surface area contributed by atoms with Gasteiger partial charge in [0.15, 0.2) is 0 Å². The molecule has 0 bridgehead atoms. The largest absolute Gasteiger partial charge is 0.473 e. The van der Waals surface area contributed by atoms with E-state index in [2.05, 4.69) is 16.5 Å². The van der Waals surface area contributed by atoms with Crippen LogP contribution in [0.3, 0.4) is 0 Å². The van der Waals surface area contributed by atoms with Gasteiger partial charge in [-0.2, -0.15) is 0 Å². The van der Waals surface area contributed by atoms with Crippen molar-refractivity contribution in [3.63, 3.8) is 0 Å². The molecule has 1 atom stereocenters. The summed E-state index contributed by atoms with van der Waals surface area (Å²) in [5.41, 5.74) is 8.77. The molecule has 0 aliphatic carbocycles. The summed E-state index contributed by atoms with van der Waals surface area (Å²) in [5.74, 6) is 0.562. The van der Waals surface area contributed by atoms with Crippen molar-refractivity contribution >= 4 is 22.8 Å². The predicted molar refractivity (Wildman–Crippen MR) is 133 cm³/mol. The van der Waals surface area contributed by atoms with Crippen LogP contribution in [0.15, 0.2) is 78.4 Å². The summed E-state index contributed by atoms with van der Waals surface area (Å²) in [5, 5.41) is 0. The first kappa shape index (κ1) is 22.4. The molecule has 9 nitrogen and oxygen atoms in total. The van der Waals surface area contributed by atoms with Crippen LogP contribution in [0.1, 0.15) is 24.4 Å². The van der Waals surface area contributed by atoms with Crippen molar-refractivity contribution in [3.8, 4) is 11.6 Å². The van der Waals surface area contributed by atoms with Crippen LogP contribution in [0, 0.1) is 0 Å². The summed E-state index contributed by atoms with van der Waals surface area (Å²) in [6.45, 7) is 5.05. The number of fused-ring (bicyclic) bond motifs is 1. The van der Waals surface area contributed by atoms with Gasteiger partial charge in [0.25, 0.3) is 0 Å². The number of hydrogen-bond donors (Lipinski definition) is 1. The lowest BCUT2D eigenvalue weighted by Crippen LogP contribution is -2.42. The Labute approximate surface area is 202 Å². The molecule has 4 aromatic rings. The average molecular weight is 471 g/mol. The zero-order valence-corrected chi connectivity index (χ0v) is 19.2. The Hall–Kier alpha value is -4.40. The number of piperidine rings is 1. The molecule has 35 heavy (non-hydrogen) atoms. The van der Waals surface area contributed by atoms with Crippen molar-refractivity contribution in [2.24, 2.45) is 0 Å². The highest BCUT2D eigenvalue weighted by molar-refractivity contribution is 5.88. The summed E-state index contributed by atoms with van der Waals surface area (Å²) in [4.78, 5) is 36.3. The average Bonchev–Trinajstić information content (AvgIpc) is 3.21. The summed E-state index contributed by atoms with van der Waals surface area (Å²) in [6, 6.07) is 14.9. The lowest BCUT2D eigenvalue weighted by molar-refractivity contribution is -0.127. The quantitative estimate of drug-likeness (QED) is 0.434. The molecule has 5 rings (SSSR count). The molecule has 1 aromatic carbocycles. The van der Waals surface area contributed by atoms with Crippen molar-refractivity contribution in [1.82, 2.24) is 24.0 Å². The Bertz CT molecular complexity index is 1430. The number of nitrogen functional groups attached to an aromatic ring is 1. The molecule has 3 aromatic heterocycles. The zero-order valence-electron chi connectivity index (χ0n) is 19.2. The Morgan fingerprint density at radius 2 is 2.00 bits per heavy atom. The van der Waals surface area contributed by atoms with Crippen molar-refractivity contribution in [2.75, 3.05) is 18.8 Å².